The van der Waals surface area contributed by atoms with Gasteiger partial charge in [-0.3, -0.25) is 4.79 Å². The van der Waals surface area contributed by atoms with E-state index in [2.05, 4.69) is 21.2 Å². The van der Waals surface area contributed by atoms with Gasteiger partial charge >= 0.3 is 5.97 Å². The molecule has 0 aliphatic rings. The van der Waals surface area contributed by atoms with Gasteiger partial charge in [-0.25, -0.2) is 4.79 Å². The Morgan fingerprint density at radius 3 is 2.47 bits per heavy atom. The van der Waals surface area contributed by atoms with Crippen molar-refractivity contribution in [1.82, 2.24) is 5.32 Å². The number of carboxylic acids is 1. The molecule has 1 amide bonds. The lowest BCUT2D eigenvalue weighted by Crippen LogP contribution is -2.40. The van der Waals surface area contributed by atoms with Crippen molar-refractivity contribution in [1.29, 1.82) is 0 Å². The number of carboxylic acid groups (broad SMARTS) is 1. The average molecular weight is 309 g/mol. The number of amides is 1. The Morgan fingerprint density at radius 1 is 1.24 bits per heavy atom. The third kappa shape index (κ3) is 9.12. The van der Waals surface area contributed by atoms with E-state index in [0.717, 1.165) is 31.0 Å². The summed E-state index contributed by atoms with van der Waals surface area (Å²) in [4.78, 5) is 22.4. The number of carbonyl (C=O) groups excluding carboxylic acids is 1. The minimum Gasteiger partial charge on any atom is -0.480 e. The summed E-state index contributed by atoms with van der Waals surface area (Å²) in [5.74, 6) is -1.16. The number of rotatable bonds is 10. The highest BCUT2D eigenvalue weighted by Crippen LogP contribution is 2.03. The van der Waals surface area contributed by atoms with Gasteiger partial charge in [0, 0.05) is 11.8 Å². The minimum absolute atomic E-state index is 0.189. The summed E-state index contributed by atoms with van der Waals surface area (Å²) in [6, 6.07) is -0.780. The predicted octanol–water partition coefficient (Wildman–Crippen LogP) is 1.25. The highest BCUT2D eigenvalue weighted by atomic mass is 79.9. The van der Waals surface area contributed by atoms with Crippen LogP contribution in [0.3, 0.4) is 0 Å². The van der Waals surface area contributed by atoms with E-state index < -0.39 is 12.0 Å². The Balaban J connectivity index is 3.89. The summed E-state index contributed by atoms with van der Waals surface area (Å²) >= 11 is 3.28. The third-order valence-corrected chi connectivity index (χ3v) is 2.93. The number of alkyl halides is 1. The second-order valence-corrected chi connectivity index (χ2v) is 4.68. The highest BCUT2D eigenvalue weighted by Gasteiger charge is 2.18. The fourth-order valence-corrected chi connectivity index (χ4v) is 1.79. The predicted molar refractivity (Wildman–Crippen MR) is 70.1 cm³/mol. The molecule has 0 heterocycles. The molecule has 0 unspecified atom stereocenters. The molecular weight excluding hydrogens is 288 g/mol. The molecule has 1 atom stereocenters. The van der Waals surface area contributed by atoms with Crippen molar-refractivity contribution in [3.8, 4) is 0 Å². The molecule has 0 fully saturated rings. The van der Waals surface area contributed by atoms with Crippen LogP contribution in [0.2, 0.25) is 0 Å². The van der Waals surface area contributed by atoms with Crippen LogP contribution >= 0.6 is 15.9 Å². The largest absolute Gasteiger partial charge is 0.480 e. The van der Waals surface area contributed by atoms with Crippen LogP contribution in [0.25, 0.3) is 0 Å². The van der Waals surface area contributed by atoms with Crippen molar-refractivity contribution < 1.29 is 14.7 Å². The van der Waals surface area contributed by atoms with Gasteiger partial charge in [0.25, 0.3) is 0 Å². The van der Waals surface area contributed by atoms with E-state index in [1.54, 1.807) is 0 Å². The molecule has 0 aromatic carbocycles. The van der Waals surface area contributed by atoms with Crippen molar-refractivity contribution in [3.05, 3.63) is 0 Å². The zero-order chi connectivity index (χ0) is 13.1. The van der Waals surface area contributed by atoms with Crippen molar-refractivity contribution in [2.75, 3.05) is 11.9 Å². The number of halogens is 1. The first-order valence-corrected chi connectivity index (χ1v) is 7.02. The molecule has 0 aliphatic carbocycles. The number of hydrogen-bond donors (Lipinski definition) is 3. The van der Waals surface area contributed by atoms with Crippen LogP contribution in [0.1, 0.15) is 38.5 Å². The first-order valence-electron chi connectivity index (χ1n) is 5.90. The van der Waals surface area contributed by atoms with Crippen molar-refractivity contribution >= 4 is 27.8 Å². The van der Waals surface area contributed by atoms with Gasteiger partial charge in [0.05, 0.1) is 0 Å². The highest BCUT2D eigenvalue weighted by molar-refractivity contribution is 9.09. The van der Waals surface area contributed by atoms with Crippen LogP contribution < -0.4 is 11.1 Å². The van der Waals surface area contributed by atoms with Crippen LogP contribution in [-0.2, 0) is 9.59 Å². The van der Waals surface area contributed by atoms with E-state index in [1.807, 2.05) is 0 Å². The molecule has 0 aromatic rings. The second kappa shape index (κ2) is 10.5. The van der Waals surface area contributed by atoms with Crippen LogP contribution in [0, 0.1) is 0 Å². The number of hydrogen-bond acceptors (Lipinski definition) is 3. The van der Waals surface area contributed by atoms with E-state index in [0.29, 0.717) is 19.4 Å². The van der Waals surface area contributed by atoms with Gasteiger partial charge in [0.1, 0.15) is 6.04 Å². The van der Waals surface area contributed by atoms with Crippen LogP contribution in [-0.4, -0.2) is 34.9 Å². The van der Waals surface area contributed by atoms with Gasteiger partial charge in [-0.2, -0.15) is 0 Å². The molecule has 0 saturated heterocycles. The Morgan fingerprint density at radius 2 is 1.94 bits per heavy atom. The zero-order valence-electron chi connectivity index (χ0n) is 9.95. The molecular formula is C11H21BrN2O3. The van der Waals surface area contributed by atoms with Crippen molar-refractivity contribution in [2.45, 2.75) is 44.6 Å². The lowest BCUT2D eigenvalue weighted by molar-refractivity contribution is -0.142. The molecule has 0 aliphatic heterocycles. The quantitative estimate of drug-likeness (QED) is 0.418. The summed E-state index contributed by atoms with van der Waals surface area (Å²) in [6.45, 7) is 0.547. The topological polar surface area (TPSA) is 92.4 Å². The number of nitrogens with one attached hydrogen (secondary N) is 1. The maximum absolute atomic E-state index is 11.5. The average Bonchev–Trinajstić information content (AvgIpc) is 2.28. The molecule has 4 N–H and O–H groups in total. The van der Waals surface area contributed by atoms with Crippen molar-refractivity contribution in [3.63, 3.8) is 0 Å². The van der Waals surface area contributed by atoms with E-state index in [9.17, 15) is 9.59 Å². The molecule has 0 aromatic heterocycles. The fraction of sp³-hybridized carbons (Fsp3) is 0.818. The summed E-state index contributed by atoms with van der Waals surface area (Å²) in [5, 5.41) is 12.3. The Hall–Kier alpha value is -0.620. The summed E-state index contributed by atoms with van der Waals surface area (Å²) in [5.41, 5.74) is 5.33. The van der Waals surface area contributed by atoms with E-state index in [4.69, 9.17) is 10.8 Å². The number of aliphatic carboxylic acids is 1. The summed E-state index contributed by atoms with van der Waals surface area (Å²) in [7, 11) is 0. The maximum atomic E-state index is 11.5. The molecule has 5 nitrogen and oxygen atoms in total. The fourth-order valence-electron chi connectivity index (χ4n) is 1.40. The van der Waals surface area contributed by atoms with Gasteiger partial charge in [-0.05, 0) is 38.6 Å². The van der Waals surface area contributed by atoms with E-state index in [1.165, 1.54) is 0 Å². The Labute approximate surface area is 110 Å². The van der Waals surface area contributed by atoms with Crippen LogP contribution in [0.15, 0.2) is 0 Å². The summed E-state index contributed by atoms with van der Waals surface area (Å²) < 4.78 is 0. The lowest BCUT2D eigenvalue weighted by atomic mass is 10.1. The molecule has 0 rings (SSSR count). The summed E-state index contributed by atoms with van der Waals surface area (Å²) in [6.07, 6.45) is 4.01. The molecule has 100 valence electrons. The molecule has 0 saturated carbocycles. The zero-order valence-corrected chi connectivity index (χ0v) is 11.5. The van der Waals surface area contributed by atoms with E-state index >= 15 is 0 Å². The van der Waals surface area contributed by atoms with E-state index in [-0.39, 0.29) is 5.91 Å². The smallest absolute Gasteiger partial charge is 0.326 e. The molecule has 0 bridgehead atoms. The molecule has 0 radical (unpaired) electrons. The number of unbranched alkanes of at least 4 members (excludes halogenated alkanes) is 2. The molecule has 6 heteroatoms. The van der Waals surface area contributed by atoms with Crippen molar-refractivity contribution in [2.24, 2.45) is 5.73 Å². The normalized spacial score (nSPS) is 12.1. The van der Waals surface area contributed by atoms with Crippen LogP contribution in [0.4, 0.5) is 0 Å². The van der Waals surface area contributed by atoms with Gasteiger partial charge in [-0.15, -0.1) is 0 Å². The molecule has 0 spiro atoms. The first-order chi connectivity index (χ1) is 8.11. The van der Waals surface area contributed by atoms with Crippen LogP contribution in [0.5, 0.6) is 0 Å². The second-order valence-electron chi connectivity index (χ2n) is 3.89. The Bertz CT molecular complexity index is 237. The van der Waals surface area contributed by atoms with Gasteiger partial charge < -0.3 is 16.2 Å². The lowest BCUT2D eigenvalue weighted by Gasteiger charge is -2.14. The third-order valence-electron chi connectivity index (χ3n) is 2.37. The maximum Gasteiger partial charge on any atom is 0.326 e. The number of nitrogens with two attached hydrogens (primary N) is 1. The minimum atomic E-state index is -0.976. The Kier molecular flexibility index (Phi) is 10.1. The van der Waals surface area contributed by atoms with Gasteiger partial charge in [-0.1, -0.05) is 15.9 Å². The number of carbonyl (C=O) groups is 2. The van der Waals surface area contributed by atoms with Gasteiger partial charge in [0.2, 0.25) is 5.91 Å². The first kappa shape index (κ1) is 16.4. The monoisotopic (exact) mass is 308 g/mol. The molecule has 17 heavy (non-hydrogen) atoms. The SMILES string of the molecule is NCCCC[C@H](NC(=O)CCCCBr)C(=O)O. The van der Waals surface area contributed by atoms with Gasteiger partial charge in [0.15, 0.2) is 0 Å². The standard InChI is InChI=1S/C11H21BrN2O3/c12-7-3-1-6-10(15)14-9(11(16)17)5-2-4-8-13/h9H,1-8,13H2,(H,14,15)(H,16,17)/t9-/m0/s1.